The third-order valence-electron chi connectivity index (χ3n) is 2.63. The second kappa shape index (κ2) is 7.81. The molecule has 0 saturated heterocycles. The van der Waals surface area contributed by atoms with Crippen molar-refractivity contribution in [3.8, 4) is 5.75 Å². The second-order valence-electron chi connectivity index (χ2n) is 3.93. The van der Waals surface area contributed by atoms with Crippen LogP contribution >= 0.6 is 11.6 Å². The fourth-order valence-corrected chi connectivity index (χ4v) is 1.88. The van der Waals surface area contributed by atoms with Crippen LogP contribution in [0, 0.1) is 0 Å². The van der Waals surface area contributed by atoms with E-state index in [4.69, 9.17) is 21.1 Å². The van der Waals surface area contributed by atoms with Crippen LogP contribution in [0.4, 0.5) is 0 Å². The standard InChI is InChI=1S/C14H18ClNO3/c1-4-7-19-13-6-5-10(8-11(13)15)9-12(16-2)14(17)18-3/h4-6,8,12,16H,1,7,9H2,2-3H3/t12-/m0/s1. The minimum Gasteiger partial charge on any atom is -0.488 e. The molecule has 0 fully saturated rings. The van der Waals surface area contributed by atoms with Gasteiger partial charge >= 0.3 is 5.97 Å². The highest BCUT2D eigenvalue weighted by atomic mass is 35.5. The number of hydrogen-bond donors (Lipinski definition) is 1. The summed E-state index contributed by atoms with van der Waals surface area (Å²) in [5.41, 5.74) is 0.931. The van der Waals surface area contributed by atoms with Crippen LogP contribution in [0.15, 0.2) is 30.9 Å². The van der Waals surface area contributed by atoms with E-state index in [0.717, 1.165) is 5.56 Å². The quantitative estimate of drug-likeness (QED) is 0.616. The van der Waals surface area contributed by atoms with Gasteiger partial charge in [-0.25, -0.2) is 0 Å². The van der Waals surface area contributed by atoms with Gasteiger partial charge in [0.15, 0.2) is 0 Å². The number of hydrogen-bond acceptors (Lipinski definition) is 4. The van der Waals surface area contributed by atoms with Crippen molar-refractivity contribution < 1.29 is 14.3 Å². The van der Waals surface area contributed by atoms with E-state index < -0.39 is 0 Å². The van der Waals surface area contributed by atoms with E-state index in [1.54, 1.807) is 25.3 Å². The van der Waals surface area contributed by atoms with E-state index in [0.29, 0.717) is 23.8 Å². The number of ether oxygens (including phenoxy) is 2. The molecule has 1 N–H and O–H groups in total. The summed E-state index contributed by atoms with van der Waals surface area (Å²) in [6, 6.07) is 5.05. The number of likely N-dealkylation sites (N-methyl/N-ethyl adjacent to an activating group) is 1. The molecule has 0 saturated carbocycles. The number of esters is 1. The molecule has 1 rings (SSSR count). The van der Waals surface area contributed by atoms with Crippen molar-refractivity contribution in [2.75, 3.05) is 20.8 Å². The highest BCUT2D eigenvalue weighted by molar-refractivity contribution is 6.32. The van der Waals surface area contributed by atoms with Crippen molar-refractivity contribution in [3.05, 3.63) is 41.4 Å². The van der Waals surface area contributed by atoms with Gasteiger partial charge in [0.05, 0.1) is 12.1 Å². The van der Waals surface area contributed by atoms with E-state index in [1.807, 2.05) is 6.07 Å². The highest BCUT2D eigenvalue weighted by Crippen LogP contribution is 2.26. The van der Waals surface area contributed by atoms with Crippen LogP contribution in [0.2, 0.25) is 5.02 Å². The van der Waals surface area contributed by atoms with Crippen LogP contribution in [-0.4, -0.2) is 32.8 Å². The van der Waals surface area contributed by atoms with Gasteiger partial charge in [-0.15, -0.1) is 0 Å². The first-order valence-electron chi connectivity index (χ1n) is 5.89. The molecule has 0 amide bonds. The Morgan fingerprint density at radius 3 is 2.84 bits per heavy atom. The maximum absolute atomic E-state index is 11.5. The lowest BCUT2D eigenvalue weighted by atomic mass is 10.1. The minimum absolute atomic E-state index is 0.300. The molecule has 0 bridgehead atoms. The van der Waals surface area contributed by atoms with Crippen molar-refractivity contribution in [1.82, 2.24) is 5.32 Å². The predicted octanol–water partition coefficient (Wildman–Crippen LogP) is 2.21. The summed E-state index contributed by atoms with van der Waals surface area (Å²) in [5.74, 6) is 0.301. The Morgan fingerprint density at radius 1 is 1.58 bits per heavy atom. The zero-order chi connectivity index (χ0) is 14.3. The van der Waals surface area contributed by atoms with E-state index in [9.17, 15) is 4.79 Å². The summed E-state index contributed by atoms with van der Waals surface area (Å²) in [6.45, 7) is 3.98. The largest absolute Gasteiger partial charge is 0.488 e. The topological polar surface area (TPSA) is 47.6 Å². The van der Waals surface area contributed by atoms with Crippen molar-refractivity contribution in [1.29, 1.82) is 0 Å². The third-order valence-corrected chi connectivity index (χ3v) is 2.92. The Labute approximate surface area is 118 Å². The maximum Gasteiger partial charge on any atom is 0.323 e. The molecular weight excluding hydrogens is 266 g/mol. The Kier molecular flexibility index (Phi) is 6.39. The van der Waals surface area contributed by atoms with Crippen molar-refractivity contribution in [2.45, 2.75) is 12.5 Å². The average Bonchev–Trinajstić information content (AvgIpc) is 2.43. The lowest BCUT2D eigenvalue weighted by Gasteiger charge is -2.14. The summed E-state index contributed by atoms with van der Waals surface area (Å²) in [4.78, 5) is 11.5. The number of carbonyl (C=O) groups is 1. The van der Waals surface area contributed by atoms with Crippen LogP contribution in [0.3, 0.4) is 0 Å². The molecule has 0 aliphatic rings. The van der Waals surface area contributed by atoms with Gasteiger partial charge in [-0.3, -0.25) is 4.79 Å². The van der Waals surface area contributed by atoms with Crippen LogP contribution in [-0.2, 0) is 16.0 Å². The lowest BCUT2D eigenvalue weighted by molar-refractivity contribution is -0.142. The summed E-state index contributed by atoms with van der Waals surface area (Å²) in [6.07, 6.45) is 2.16. The van der Waals surface area contributed by atoms with E-state index >= 15 is 0 Å². The molecule has 0 aromatic heterocycles. The molecule has 19 heavy (non-hydrogen) atoms. The normalized spacial score (nSPS) is 11.7. The minimum atomic E-state index is -0.388. The maximum atomic E-state index is 11.5. The molecule has 4 nitrogen and oxygen atoms in total. The Bertz CT molecular complexity index is 448. The molecule has 0 aliphatic heterocycles. The molecule has 0 unspecified atom stereocenters. The van der Waals surface area contributed by atoms with Crippen LogP contribution < -0.4 is 10.1 Å². The Balaban J connectivity index is 2.77. The van der Waals surface area contributed by atoms with Crippen LogP contribution in [0.5, 0.6) is 5.75 Å². The summed E-state index contributed by atoms with van der Waals surface area (Å²) in [7, 11) is 3.08. The monoisotopic (exact) mass is 283 g/mol. The summed E-state index contributed by atoms with van der Waals surface area (Å²) in [5, 5.41) is 3.42. The molecule has 0 spiro atoms. The van der Waals surface area contributed by atoms with E-state index in [2.05, 4.69) is 11.9 Å². The van der Waals surface area contributed by atoms with Crippen molar-refractivity contribution >= 4 is 17.6 Å². The second-order valence-corrected chi connectivity index (χ2v) is 4.34. The van der Waals surface area contributed by atoms with Crippen LogP contribution in [0.25, 0.3) is 0 Å². The summed E-state index contributed by atoms with van der Waals surface area (Å²) >= 11 is 6.11. The molecule has 1 aromatic carbocycles. The molecule has 1 aromatic rings. The number of methoxy groups -OCH3 is 1. The first kappa shape index (κ1) is 15.5. The average molecular weight is 284 g/mol. The number of rotatable bonds is 7. The third kappa shape index (κ3) is 4.58. The zero-order valence-corrected chi connectivity index (χ0v) is 11.9. The van der Waals surface area contributed by atoms with Gasteiger partial charge in [-0.2, -0.15) is 0 Å². The van der Waals surface area contributed by atoms with Crippen LogP contribution in [0.1, 0.15) is 5.56 Å². The van der Waals surface area contributed by atoms with E-state index in [-0.39, 0.29) is 12.0 Å². The molecule has 0 aliphatic carbocycles. The first-order valence-corrected chi connectivity index (χ1v) is 6.27. The molecule has 1 atom stereocenters. The highest BCUT2D eigenvalue weighted by Gasteiger charge is 2.17. The predicted molar refractivity (Wildman–Crippen MR) is 75.7 cm³/mol. The SMILES string of the molecule is C=CCOc1ccc(C[C@H](NC)C(=O)OC)cc1Cl. The summed E-state index contributed by atoms with van der Waals surface area (Å²) < 4.78 is 10.1. The number of benzene rings is 1. The number of carbonyl (C=O) groups excluding carboxylic acids is 1. The molecular formula is C14H18ClNO3. The Morgan fingerprint density at radius 2 is 2.32 bits per heavy atom. The van der Waals surface area contributed by atoms with Gasteiger partial charge in [0.2, 0.25) is 0 Å². The zero-order valence-electron chi connectivity index (χ0n) is 11.1. The van der Waals surface area contributed by atoms with Gasteiger partial charge in [-0.05, 0) is 31.2 Å². The molecule has 0 heterocycles. The molecule has 104 valence electrons. The first-order chi connectivity index (χ1) is 9.12. The van der Waals surface area contributed by atoms with Gasteiger partial charge < -0.3 is 14.8 Å². The van der Waals surface area contributed by atoms with E-state index in [1.165, 1.54) is 7.11 Å². The van der Waals surface area contributed by atoms with Crippen molar-refractivity contribution in [3.63, 3.8) is 0 Å². The number of halogens is 1. The van der Waals surface area contributed by atoms with Gasteiger partial charge in [0, 0.05) is 0 Å². The smallest absolute Gasteiger partial charge is 0.323 e. The lowest BCUT2D eigenvalue weighted by Crippen LogP contribution is -2.36. The van der Waals surface area contributed by atoms with Gasteiger partial charge in [0.1, 0.15) is 18.4 Å². The fourth-order valence-electron chi connectivity index (χ4n) is 1.62. The fraction of sp³-hybridized carbons (Fsp3) is 0.357. The molecule has 5 heteroatoms. The molecule has 0 radical (unpaired) electrons. The van der Waals surface area contributed by atoms with Gasteiger partial charge in [-0.1, -0.05) is 30.3 Å². The number of nitrogens with one attached hydrogen (secondary N) is 1. The van der Waals surface area contributed by atoms with Crippen molar-refractivity contribution in [2.24, 2.45) is 0 Å². The van der Waals surface area contributed by atoms with Gasteiger partial charge in [0.25, 0.3) is 0 Å². The Hall–Kier alpha value is -1.52.